The van der Waals surface area contributed by atoms with Crippen molar-refractivity contribution in [2.45, 2.75) is 102 Å². The summed E-state index contributed by atoms with van der Waals surface area (Å²) in [4.78, 5) is 32.4. The number of carbonyl (C=O) groups is 2. The largest absolute Gasteiger partial charge is 0.465 e. The average Bonchev–Trinajstić information content (AvgIpc) is 3.83. The van der Waals surface area contributed by atoms with Gasteiger partial charge in [-0.2, -0.15) is 17.8 Å². The quantitative estimate of drug-likeness (QED) is 0.183. The van der Waals surface area contributed by atoms with Gasteiger partial charge in [-0.15, -0.1) is 0 Å². The average molecular weight is 809 g/mol. The SMILES string of the molecule is CCOP(=O)(OCC)C(COC)(OC[C@H]1O[C@@H](n2ncc3c(N(C(=O)O)C4CCCC4)cc(Cl)nc32)[C@@H]2OC(C)(C)O[C@@H]21)C(=O)NS(=O)(=O)N1CCC1. The molecule has 1 aliphatic carbocycles. The van der Waals surface area contributed by atoms with Crippen LogP contribution in [0.2, 0.25) is 5.15 Å². The summed E-state index contributed by atoms with van der Waals surface area (Å²) >= 11 is 6.50. The maximum atomic E-state index is 14.5. The lowest BCUT2D eigenvalue weighted by Gasteiger charge is -2.38. The van der Waals surface area contributed by atoms with Crippen LogP contribution >= 0.6 is 19.2 Å². The molecule has 6 rings (SSSR count). The van der Waals surface area contributed by atoms with Gasteiger partial charge in [0.2, 0.25) is 0 Å². The molecule has 22 heteroatoms. The third kappa shape index (κ3) is 7.57. The lowest BCUT2D eigenvalue weighted by atomic mass is 10.1. The van der Waals surface area contributed by atoms with Gasteiger partial charge in [0.1, 0.15) is 23.5 Å². The first-order valence-corrected chi connectivity index (χ1v) is 20.9. The number of nitrogens with zero attached hydrogens (tertiary/aromatic N) is 5. The fraction of sp³-hybridized carbons (Fsp3) is 0.742. The van der Waals surface area contributed by atoms with Gasteiger partial charge in [-0.3, -0.25) is 14.3 Å². The molecule has 1 unspecified atom stereocenters. The Hall–Kier alpha value is -2.49. The number of carboxylic acid groups (broad SMARTS) is 1. The molecule has 3 saturated heterocycles. The molecule has 5 atom stereocenters. The van der Waals surface area contributed by atoms with Crippen LogP contribution in [0.3, 0.4) is 0 Å². The fourth-order valence-corrected chi connectivity index (χ4v) is 10.7. The molecule has 53 heavy (non-hydrogen) atoms. The van der Waals surface area contributed by atoms with Crippen LogP contribution in [0.5, 0.6) is 0 Å². The minimum atomic E-state index is -4.65. The van der Waals surface area contributed by atoms with Gasteiger partial charge in [-0.05, 0) is 47.0 Å². The minimum absolute atomic E-state index is 0.0305. The topological polar surface area (TPSA) is 219 Å². The van der Waals surface area contributed by atoms with Crippen LogP contribution in [0, 0.1) is 0 Å². The number of amides is 2. The van der Waals surface area contributed by atoms with Crippen LogP contribution in [0.4, 0.5) is 10.5 Å². The van der Waals surface area contributed by atoms with Crippen LogP contribution in [0.15, 0.2) is 12.3 Å². The lowest BCUT2D eigenvalue weighted by Crippen LogP contribution is -2.58. The van der Waals surface area contributed by atoms with Crippen LogP contribution in [-0.2, 0) is 52.3 Å². The number of halogens is 1. The highest BCUT2D eigenvalue weighted by Crippen LogP contribution is 2.61. The van der Waals surface area contributed by atoms with Crippen molar-refractivity contribution in [1.82, 2.24) is 23.8 Å². The Bertz CT molecular complexity index is 1830. The number of carbonyl (C=O) groups excluding carboxylic acids is 1. The van der Waals surface area contributed by atoms with Crippen LogP contribution in [0.25, 0.3) is 11.0 Å². The molecule has 0 bridgehead atoms. The highest BCUT2D eigenvalue weighted by atomic mass is 35.5. The first-order chi connectivity index (χ1) is 25.1. The normalized spacial score (nSPS) is 26.0. The van der Waals surface area contributed by atoms with E-state index in [1.807, 2.05) is 4.72 Å². The highest BCUT2D eigenvalue weighted by Gasteiger charge is 2.62. The summed E-state index contributed by atoms with van der Waals surface area (Å²) in [5, 5.41) is 12.6. The molecule has 4 aliphatic rings. The summed E-state index contributed by atoms with van der Waals surface area (Å²) < 4.78 is 86.8. The van der Waals surface area contributed by atoms with Gasteiger partial charge in [-0.1, -0.05) is 24.4 Å². The number of hydrogen-bond acceptors (Lipinski definition) is 14. The van der Waals surface area contributed by atoms with Crippen molar-refractivity contribution in [3.8, 4) is 0 Å². The maximum Gasteiger partial charge on any atom is 0.412 e. The highest BCUT2D eigenvalue weighted by molar-refractivity contribution is 7.87. The van der Waals surface area contributed by atoms with E-state index in [2.05, 4.69) is 10.1 Å². The predicted octanol–water partition coefficient (Wildman–Crippen LogP) is 3.62. The number of ether oxygens (including phenoxy) is 5. The first kappa shape index (κ1) is 40.2. The van der Waals surface area contributed by atoms with Gasteiger partial charge in [0.05, 0.1) is 43.7 Å². The summed E-state index contributed by atoms with van der Waals surface area (Å²) in [7, 11) is -7.77. The molecule has 2 aromatic rings. The van der Waals surface area contributed by atoms with Crippen LogP contribution < -0.4 is 9.62 Å². The molecule has 5 heterocycles. The van der Waals surface area contributed by atoms with E-state index in [-0.39, 0.29) is 43.1 Å². The second-order valence-corrected chi connectivity index (χ2v) is 17.9. The lowest BCUT2D eigenvalue weighted by molar-refractivity contribution is -0.207. The maximum absolute atomic E-state index is 14.5. The Morgan fingerprint density at radius 2 is 1.81 bits per heavy atom. The van der Waals surface area contributed by atoms with E-state index in [1.165, 1.54) is 42.8 Å². The van der Waals surface area contributed by atoms with Crippen LogP contribution in [0.1, 0.15) is 66.0 Å². The molecule has 2 aromatic heterocycles. The zero-order chi connectivity index (χ0) is 38.3. The number of methoxy groups -OCH3 is 1. The van der Waals surface area contributed by atoms with Crippen molar-refractivity contribution in [2.24, 2.45) is 0 Å². The van der Waals surface area contributed by atoms with Gasteiger partial charge >= 0.3 is 23.9 Å². The molecule has 296 valence electrons. The van der Waals surface area contributed by atoms with Crippen molar-refractivity contribution in [2.75, 3.05) is 51.5 Å². The molecule has 2 amide bonds. The third-order valence-corrected chi connectivity index (χ3v) is 13.9. The summed E-state index contributed by atoms with van der Waals surface area (Å²) in [5.74, 6) is -2.45. The molecular weight excluding hydrogens is 763 g/mol. The predicted molar refractivity (Wildman–Crippen MR) is 188 cm³/mol. The number of nitrogens with one attached hydrogen (secondary N) is 1. The Labute approximate surface area is 312 Å². The number of hydrogen-bond donors (Lipinski definition) is 2. The summed E-state index contributed by atoms with van der Waals surface area (Å²) in [6.45, 7) is 5.24. The second kappa shape index (κ2) is 15.6. The molecule has 1 saturated carbocycles. The second-order valence-electron chi connectivity index (χ2n) is 13.6. The zero-order valence-electron chi connectivity index (χ0n) is 30.1. The Kier molecular flexibility index (Phi) is 11.8. The van der Waals surface area contributed by atoms with Gasteiger partial charge in [0.15, 0.2) is 17.7 Å². The van der Waals surface area contributed by atoms with Crippen molar-refractivity contribution in [3.05, 3.63) is 17.4 Å². The van der Waals surface area contributed by atoms with Gasteiger partial charge < -0.3 is 37.8 Å². The minimum Gasteiger partial charge on any atom is -0.465 e. The van der Waals surface area contributed by atoms with Crippen LogP contribution in [-0.4, -0.2) is 127 Å². The van der Waals surface area contributed by atoms with Gasteiger partial charge in [0, 0.05) is 32.3 Å². The Morgan fingerprint density at radius 3 is 2.40 bits per heavy atom. The third-order valence-electron chi connectivity index (χ3n) is 9.63. The number of fused-ring (bicyclic) bond motifs is 2. The smallest absolute Gasteiger partial charge is 0.412 e. The molecular formula is C31H46ClN6O13PS. The molecule has 19 nitrogen and oxygen atoms in total. The standard InChI is InChI=1S/C31H46ClN6O13PS/c1-6-47-52(42,48-7-2)31(18-45-5,28(39)35-53(43,44)36-13-10-14-36)46-17-22-24-25(51-30(3,4)50-24)27(49-22)38-26-20(16-33-38)21(15-23(32)34-26)37(29(40)41)19-11-8-9-12-19/h15-16,19,22,24-25,27H,6-14,17-18H2,1-5H3,(H,35,39)(H,40,41)/t22-,24-,25-,27-,31?/m1/s1. The summed E-state index contributed by atoms with van der Waals surface area (Å²) in [5.41, 5.74) is 0.548. The molecule has 2 N–H and O–H groups in total. The van der Waals surface area contributed by atoms with Crippen molar-refractivity contribution >= 4 is 58.1 Å². The van der Waals surface area contributed by atoms with E-state index in [0.29, 0.717) is 30.3 Å². The number of pyridine rings is 1. The van der Waals surface area contributed by atoms with E-state index in [0.717, 1.165) is 17.1 Å². The van der Waals surface area contributed by atoms with E-state index in [4.69, 9.17) is 44.3 Å². The first-order valence-electron chi connectivity index (χ1n) is 17.5. The van der Waals surface area contributed by atoms with Gasteiger partial charge in [-0.25, -0.2) is 19.2 Å². The van der Waals surface area contributed by atoms with E-state index in [9.17, 15) is 27.7 Å². The summed E-state index contributed by atoms with van der Waals surface area (Å²) in [6, 6.07) is 1.25. The van der Waals surface area contributed by atoms with Crippen molar-refractivity contribution in [3.63, 3.8) is 0 Å². The van der Waals surface area contributed by atoms with E-state index < -0.39 is 78.7 Å². The van der Waals surface area contributed by atoms with Gasteiger partial charge in [0.25, 0.3) is 11.2 Å². The molecule has 4 fully saturated rings. The Morgan fingerprint density at radius 1 is 1.15 bits per heavy atom. The molecule has 0 spiro atoms. The van der Waals surface area contributed by atoms with Crippen molar-refractivity contribution in [1.29, 1.82) is 0 Å². The van der Waals surface area contributed by atoms with Crippen molar-refractivity contribution < 1.29 is 60.4 Å². The fourth-order valence-electron chi connectivity index (χ4n) is 7.21. The molecule has 0 radical (unpaired) electrons. The number of aromatic nitrogens is 3. The molecule has 0 aromatic carbocycles. The summed E-state index contributed by atoms with van der Waals surface area (Å²) in [6.07, 6.45) is 0.355. The van der Waals surface area contributed by atoms with E-state index >= 15 is 0 Å². The number of rotatable bonds is 16. The van der Waals surface area contributed by atoms with E-state index in [1.54, 1.807) is 13.8 Å². The monoisotopic (exact) mass is 808 g/mol. The Balaban J connectivity index is 1.36. The molecule has 3 aliphatic heterocycles. The number of anilines is 1. The zero-order valence-corrected chi connectivity index (χ0v) is 32.6.